The van der Waals surface area contributed by atoms with Crippen molar-refractivity contribution in [2.24, 2.45) is 11.3 Å². The summed E-state index contributed by atoms with van der Waals surface area (Å²) in [5.41, 5.74) is 0.0900. The van der Waals surface area contributed by atoms with Crippen molar-refractivity contribution in [1.82, 2.24) is 14.9 Å². The van der Waals surface area contributed by atoms with Gasteiger partial charge in [0.1, 0.15) is 11.5 Å². The third kappa shape index (κ3) is 2.62. The molecule has 204 valence electrons. The van der Waals surface area contributed by atoms with E-state index in [1.54, 1.807) is 18.5 Å². The molecule has 6 aliphatic rings. The molecule has 4 fully saturated rings. The highest BCUT2D eigenvalue weighted by Gasteiger charge is 2.85. The zero-order valence-electron chi connectivity index (χ0n) is 22.1. The number of aromatic nitrogens is 2. The van der Waals surface area contributed by atoms with Crippen LogP contribution in [0.3, 0.4) is 0 Å². The van der Waals surface area contributed by atoms with Gasteiger partial charge in [-0.1, -0.05) is 18.2 Å². The number of phenolic OH excluding ortho intramolecular Hbond substituents is 1. The molecule has 2 saturated carbocycles. The molecule has 0 radical (unpaired) electrons. The molecule has 8 heteroatoms. The Morgan fingerprint density at radius 2 is 1.77 bits per heavy atom. The summed E-state index contributed by atoms with van der Waals surface area (Å²) >= 11 is 0. The van der Waals surface area contributed by atoms with Crippen LogP contribution in [0.1, 0.15) is 60.2 Å². The number of pyridine rings is 2. The molecule has 5 heterocycles. The summed E-state index contributed by atoms with van der Waals surface area (Å²) < 4.78 is 13.1. The van der Waals surface area contributed by atoms with Crippen molar-refractivity contribution in [3.05, 3.63) is 83.4 Å². The van der Waals surface area contributed by atoms with Crippen LogP contribution in [-0.2, 0) is 21.4 Å². The summed E-state index contributed by atoms with van der Waals surface area (Å²) in [6.45, 7) is 1.79. The van der Waals surface area contributed by atoms with Gasteiger partial charge in [-0.15, -0.1) is 0 Å². The third-order valence-corrected chi connectivity index (χ3v) is 11.0. The lowest BCUT2D eigenvalue weighted by Gasteiger charge is -2.58. The van der Waals surface area contributed by atoms with Gasteiger partial charge in [-0.25, -0.2) is 0 Å². The van der Waals surface area contributed by atoms with Gasteiger partial charge in [0.25, 0.3) is 0 Å². The van der Waals surface area contributed by atoms with Crippen molar-refractivity contribution < 1.29 is 24.5 Å². The van der Waals surface area contributed by atoms with Crippen molar-refractivity contribution in [1.29, 1.82) is 0 Å². The Labute approximate surface area is 232 Å². The first kappa shape index (κ1) is 23.2. The molecule has 5 unspecified atom stereocenters. The largest absolute Gasteiger partial charge is 0.504 e. The van der Waals surface area contributed by atoms with E-state index in [-0.39, 0.29) is 24.2 Å². The number of benzene rings is 1. The zero-order chi connectivity index (χ0) is 26.9. The Morgan fingerprint density at radius 1 is 1.00 bits per heavy atom. The van der Waals surface area contributed by atoms with E-state index in [9.17, 15) is 15.0 Å². The van der Waals surface area contributed by atoms with E-state index in [0.717, 1.165) is 29.9 Å². The number of carbonyl (C=O) groups excluding carboxylic acids is 1. The number of aliphatic hydroxyl groups is 1. The predicted octanol–water partition coefficient (Wildman–Crippen LogP) is 3.42. The molecule has 7 atom stereocenters. The Kier molecular flexibility index (Phi) is 4.43. The molecular formula is C32H31N3O5. The molecule has 1 aromatic carbocycles. The second-order valence-corrected chi connectivity index (χ2v) is 12.8. The van der Waals surface area contributed by atoms with Crippen molar-refractivity contribution in [2.45, 2.75) is 67.3 Å². The summed E-state index contributed by atoms with van der Waals surface area (Å²) in [5.74, 6) is 0.243. The molecule has 40 heavy (non-hydrogen) atoms. The molecule has 2 bridgehead atoms. The van der Waals surface area contributed by atoms with Gasteiger partial charge >= 0.3 is 5.97 Å². The van der Waals surface area contributed by atoms with E-state index in [4.69, 9.17) is 14.5 Å². The molecule has 9 rings (SSSR count). The maximum absolute atomic E-state index is 14.5. The molecule has 2 aromatic heterocycles. The number of cyclic esters (lactones) is 1. The Balaban J connectivity index is 1.29. The first-order valence-corrected chi connectivity index (χ1v) is 14.5. The van der Waals surface area contributed by atoms with Crippen LogP contribution in [0.25, 0.3) is 0 Å². The number of carbonyl (C=O) groups is 1. The van der Waals surface area contributed by atoms with Crippen LogP contribution in [0, 0.1) is 11.3 Å². The molecular weight excluding hydrogens is 506 g/mol. The molecule has 3 aliphatic carbocycles. The topological polar surface area (TPSA) is 105 Å². The average Bonchev–Trinajstić information content (AvgIpc) is 3.57. The fourth-order valence-electron chi connectivity index (χ4n) is 9.34. The highest BCUT2D eigenvalue weighted by atomic mass is 16.6. The normalized spacial score (nSPS) is 38.8. The number of hydrogen-bond acceptors (Lipinski definition) is 8. The number of hydrogen-bond donors (Lipinski definition) is 2. The van der Waals surface area contributed by atoms with Gasteiger partial charge in [-0.05, 0) is 80.5 Å². The van der Waals surface area contributed by atoms with Gasteiger partial charge in [-0.2, -0.15) is 0 Å². The average molecular weight is 538 g/mol. The minimum Gasteiger partial charge on any atom is -0.504 e. The van der Waals surface area contributed by atoms with Gasteiger partial charge < -0.3 is 19.7 Å². The summed E-state index contributed by atoms with van der Waals surface area (Å²) in [6.07, 6.45) is 6.06. The Morgan fingerprint density at radius 3 is 2.50 bits per heavy atom. The van der Waals surface area contributed by atoms with E-state index in [0.29, 0.717) is 30.2 Å². The van der Waals surface area contributed by atoms with Crippen LogP contribution in [0.2, 0.25) is 0 Å². The second-order valence-electron chi connectivity index (χ2n) is 12.8. The predicted molar refractivity (Wildman–Crippen MR) is 143 cm³/mol. The van der Waals surface area contributed by atoms with Gasteiger partial charge in [0, 0.05) is 36.2 Å². The second kappa shape index (κ2) is 7.62. The van der Waals surface area contributed by atoms with Gasteiger partial charge in [-0.3, -0.25) is 19.7 Å². The molecule has 8 nitrogen and oxygen atoms in total. The fraction of sp³-hybridized carbons (Fsp3) is 0.469. The number of phenols is 1. The van der Waals surface area contributed by atoms with E-state index in [2.05, 4.69) is 9.88 Å². The van der Waals surface area contributed by atoms with Crippen LogP contribution in [0.4, 0.5) is 0 Å². The summed E-state index contributed by atoms with van der Waals surface area (Å²) in [4.78, 5) is 26.3. The summed E-state index contributed by atoms with van der Waals surface area (Å²) in [6, 6.07) is 14.9. The van der Waals surface area contributed by atoms with E-state index < -0.39 is 34.6 Å². The molecule has 2 spiro atoms. The lowest BCUT2D eigenvalue weighted by atomic mass is 9.55. The number of aromatic hydroxyl groups is 1. The number of piperidine rings is 1. The molecule has 3 aromatic rings. The number of esters is 1. The molecule has 2 saturated heterocycles. The smallest absolute Gasteiger partial charge is 0.317 e. The zero-order valence-corrected chi connectivity index (χ0v) is 22.1. The lowest BCUT2D eigenvalue weighted by Crippen LogP contribution is -2.70. The van der Waals surface area contributed by atoms with E-state index in [1.807, 2.05) is 42.5 Å². The fourth-order valence-corrected chi connectivity index (χ4v) is 9.34. The maximum atomic E-state index is 14.5. The summed E-state index contributed by atoms with van der Waals surface area (Å²) in [5, 5.41) is 24.2. The molecule has 0 amide bonds. The monoisotopic (exact) mass is 537 g/mol. The summed E-state index contributed by atoms with van der Waals surface area (Å²) in [7, 11) is 0. The van der Waals surface area contributed by atoms with Gasteiger partial charge in [0.15, 0.2) is 17.6 Å². The van der Waals surface area contributed by atoms with E-state index >= 15 is 0 Å². The highest BCUT2D eigenvalue weighted by molar-refractivity contribution is 5.85. The SMILES string of the molecule is O=C1O[C@@H](c2ccccn2)[C@@H](c2ccccn2)C12CC1(O)C3Cc4ccc(O)c5c4C1(CCN3CC1CC1)C2O5. The first-order chi connectivity index (χ1) is 19.5. The number of ether oxygens (including phenoxy) is 2. The standard InChI is InChI=1S/C32H31N3O5/c36-22-10-9-19-15-23-32(38)17-30(28-31(32,24(19)27(22)39-28)11-14-35(23)16-18-7-8-18)25(20-5-1-3-12-33-20)26(40-29(30)37)21-6-2-4-13-34-21/h1-6,9-10,12-13,18,23,25-26,28,36,38H,7-8,11,14-17H2/t23?,25-,26+,28?,30?,31?,32?/m1/s1. The minimum atomic E-state index is -1.23. The molecule has 2 N–H and O–H groups in total. The van der Waals surface area contributed by atoms with E-state index in [1.165, 1.54) is 12.8 Å². The molecule has 3 aliphatic heterocycles. The number of fused-ring (bicyclic) bond motifs is 1. The minimum absolute atomic E-state index is 0.0564. The van der Waals surface area contributed by atoms with Crippen LogP contribution in [0.5, 0.6) is 11.5 Å². The Bertz CT molecular complexity index is 1550. The van der Waals surface area contributed by atoms with Crippen LogP contribution >= 0.6 is 0 Å². The quantitative estimate of drug-likeness (QED) is 0.488. The van der Waals surface area contributed by atoms with Crippen molar-refractivity contribution in [3.8, 4) is 11.5 Å². The van der Waals surface area contributed by atoms with Crippen molar-refractivity contribution in [2.75, 3.05) is 13.1 Å². The lowest BCUT2D eigenvalue weighted by molar-refractivity contribution is -0.152. The van der Waals surface area contributed by atoms with Crippen LogP contribution < -0.4 is 4.74 Å². The maximum Gasteiger partial charge on any atom is 0.317 e. The first-order valence-electron chi connectivity index (χ1n) is 14.5. The third-order valence-electron chi connectivity index (χ3n) is 11.0. The number of rotatable bonds is 4. The van der Waals surface area contributed by atoms with Crippen LogP contribution in [0.15, 0.2) is 60.9 Å². The van der Waals surface area contributed by atoms with Gasteiger partial charge in [0.05, 0.1) is 22.6 Å². The van der Waals surface area contributed by atoms with Crippen molar-refractivity contribution in [3.63, 3.8) is 0 Å². The number of nitrogens with zero attached hydrogens (tertiary/aromatic N) is 3. The number of likely N-dealkylation sites (tertiary alicyclic amines) is 1. The van der Waals surface area contributed by atoms with Crippen molar-refractivity contribution >= 4 is 5.97 Å². The van der Waals surface area contributed by atoms with Gasteiger partial charge in [0.2, 0.25) is 0 Å². The highest BCUT2D eigenvalue weighted by Crippen LogP contribution is 2.76. The van der Waals surface area contributed by atoms with Crippen LogP contribution in [-0.4, -0.2) is 61.9 Å². The Hall–Kier alpha value is -3.49.